The van der Waals surface area contributed by atoms with E-state index in [1.165, 1.54) is 0 Å². The van der Waals surface area contributed by atoms with E-state index in [0.717, 1.165) is 116 Å². The van der Waals surface area contributed by atoms with Crippen LogP contribution in [0.2, 0.25) is 0 Å². The number of phosphoric acid groups is 1. The standard InChI is InChI=1S/C49H83N2O6P/c1-6-8-10-11-12-13-14-15-16-17-18-19-20-21-22-23-24-25-26-27-28-29-30-31-32-33-34-35-36-37-38-39-41-43-49(53)50-47(48(52)42-40-9-7-2)46-57-58(54,55)56-45-44-51(3,4)5/h8,10,12-13,15-16,18-19,21-22,24-25,27-28,30-31,33-34,47-48,52H,6-7,9,11,14,17,20,23,26,29,32,35-46H2,1-5H3,(H-,50,53,54,55)/b10-8-,13-12-,16-15-,19-18-,22-21-,25-24-,28-27-,31-30-,34-33-. The molecule has 0 saturated heterocycles. The fourth-order valence-electron chi connectivity index (χ4n) is 5.50. The van der Waals surface area contributed by atoms with Gasteiger partial charge in [-0.2, -0.15) is 0 Å². The Bertz CT molecular complexity index is 1300. The second-order valence-electron chi connectivity index (χ2n) is 15.7. The molecule has 8 nitrogen and oxygen atoms in total. The Labute approximate surface area is 355 Å². The van der Waals surface area contributed by atoms with E-state index < -0.39 is 20.0 Å². The van der Waals surface area contributed by atoms with Gasteiger partial charge >= 0.3 is 0 Å². The van der Waals surface area contributed by atoms with Crippen LogP contribution in [0.5, 0.6) is 0 Å². The van der Waals surface area contributed by atoms with Gasteiger partial charge in [0.1, 0.15) is 13.2 Å². The molecule has 0 aromatic carbocycles. The zero-order valence-corrected chi connectivity index (χ0v) is 38.1. The number of aliphatic hydroxyl groups is 1. The van der Waals surface area contributed by atoms with Gasteiger partial charge < -0.3 is 28.8 Å². The van der Waals surface area contributed by atoms with Gasteiger partial charge in [-0.3, -0.25) is 9.36 Å². The molecule has 2 N–H and O–H groups in total. The quantitative estimate of drug-likeness (QED) is 0.0278. The number of quaternary nitrogens is 1. The minimum atomic E-state index is -4.55. The van der Waals surface area contributed by atoms with Crippen LogP contribution in [0.25, 0.3) is 0 Å². The molecule has 3 unspecified atom stereocenters. The Morgan fingerprint density at radius 2 is 1.05 bits per heavy atom. The molecule has 0 aromatic rings. The fraction of sp³-hybridized carbons (Fsp3) is 0.612. The number of nitrogens with one attached hydrogen (secondary N) is 1. The van der Waals surface area contributed by atoms with E-state index >= 15 is 0 Å². The highest BCUT2D eigenvalue weighted by atomic mass is 31.2. The highest BCUT2D eigenvalue weighted by Gasteiger charge is 2.24. The maximum Gasteiger partial charge on any atom is 0.268 e. The number of carbonyl (C=O) groups is 1. The number of likely N-dealkylation sites (N-methyl/N-ethyl adjacent to an activating group) is 1. The number of aliphatic hydroxyl groups excluding tert-OH is 1. The lowest BCUT2D eigenvalue weighted by atomic mass is 10.0. The van der Waals surface area contributed by atoms with Crippen molar-refractivity contribution < 1.29 is 32.9 Å². The Balaban J connectivity index is 4.01. The average molecular weight is 827 g/mol. The summed E-state index contributed by atoms with van der Waals surface area (Å²) in [6, 6.07) is -0.814. The molecule has 0 aliphatic rings. The molecule has 0 aromatic heterocycles. The Kier molecular flexibility index (Phi) is 37.7. The molecule has 1 amide bonds. The first kappa shape index (κ1) is 55.2. The van der Waals surface area contributed by atoms with Gasteiger partial charge in [0, 0.05) is 6.42 Å². The van der Waals surface area contributed by atoms with Crippen molar-refractivity contribution in [3.63, 3.8) is 0 Å². The van der Waals surface area contributed by atoms with E-state index in [4.69, 9.17) is 9.05 Å². The third-order valence-electron chi connectivity index (χ3n) is 9.03. The first-order valence-electron chi connectivity index (χ1n) is 22.2. The fourth-order valence-corrected chi connectivity index (χ4v) is 6.22. The van der Waals surface area contributed by atoms with Crippen molar-refractivity contribution in [2.75, 3.05) is 40.9 Å². The van der Waals surface area contributed by atoms with Crippen LogP contribution in [0.4, 0.5) is 0 Å². The molecular formula is C49H83N2O6P. The largest absolute Gasteiger partial charge is 0.756 e. The van der Waals surface area contributed by atoms with E-state index in [1.54, 1.807) is 0 Å². The Morgan fingerprint density at radius 1 is 0.621 bits per heavy atom. The molecule has 0 bridgehead atoms. The van der Waals surface area contributed by atoms with Crippen molar-refractivity contribution in [1.29, 1.82) is 0 Å². The van der Waals surface area contributed by atoms with Gasteiger partial charge in [-0.1, -0.05) is 162 Å². The summed E-state index contributed by atoms with van der Waals surface area (Å²) in [6.45, 7) is 4.37. The molecule has 0 radical (unpaired) electrons. The summed E-state index contributed by atoms with van der Waals surface area (Å²) in [7, 11) is 1.26. The van der Waals surface area contributed by atoms with Crippen LogP contribution in [-0.4, -0.2) is 68.5 Å². The predicted molar refractivity (Wildman–Crippen MR) is 246 cm³/mol. The van der Waals surface area contributed by atoms with Gasteiger partial charge in [0.15, 0.2) is 0 Å². The molecular weight excluding hydrogens is 744 g/mol. The summed E-state index contributed by atoms with van der Waals surface area (Å²) in [5.41, 5.74) is 0. The number of nitrogens with zero attached hydrogens (tertiary/aromatic N) is 1. The van der Waals surface area contributed by atoms with Crippen molar-refractivity contribution in [3.8, 4) is 0 Å². The smallest absolute Gasteiger partial charge is 0.268 e. The van der Waals surface area contributed by atoms with Gasteiger partial charge in [-0.25, -0.2) is 0 Å². The van der Waals surface area contributed by atoms with Crippen LogP contribution in [0.1, 0.15) is 142 Å². The van der Waals surface area contributed by atoms with Gasteiger partial charge in [0.2, 0.25) is 5.91 Å². The summed E-state index contributed by atoms with van der Waals surface area (Å²) < 4.78 is 22.9. The summed E-state index contributed by atoms with van der Waals surface area (Å²) in [5.74, 6) is -0.203. The molecule has 0 aliphatic carbocycles. The number of allylic oxidation sites excluding steroid dienone is 18. The van der Waals surface area contributed by atoms with E-state index in [1.807, 2.05) is 21.1 Å². The second kappa shape index (κ2) is 39.6. The lowest BCUT2D eigenvalue weighted by Gasteiger charge is -2.30. The van der Waals surface area contributed by atoms with Gasteiger partial charge in [0.05, 0.1) is 39.9 Å². The summed E-state index contributed by atoms with van der Waals surface area (Å²) >= 11 is 0. The molecule has 0 spiro atoms. The Morgan fingerprint density at radius 3 is 1.50 bits per heavy atom. The molecule has 58 heavy (non-hydrogen) atoms. The maximum absolute atomic E-state index is 12.7. The van der Waals surface area contributed by atoms with Crippen LogP contribution < -0.4 is 10.2 Å². The van der Waals surface area contributed by atoms with Crippen LogP contribution in [0.15, 0.2) is 109 Å². The normalized spacial score (nSPS) is 15.4. The molecule has 0 heterocycles. The molecule has 0 aliphatic heterocycles. The third-order valence-corrected chi connectivity index (χ3v) is 9.99. The first-order valence-corrected chi connectivity index (χ1v) is 23.7. The lowest BCUT2D eigenvalue weighted by Crippen LogP contribution is -2.46. The topological polar surface area (TPSA) is 108 Å². The number of rotatable bonds is 38. The van der Waals surface area contributed by atoms with E-state index in [0.29, 0.717) is 23.9 Å². The molecule has 330 valence electrons. The minimum absolute atomic E-state index is 0.000266. The van der Waals surface area contributed by atoms with Crippen LogP contribution in [0.3, 0.4) is 0 Å². The molecule has 3 atom stereocenters. The molecule has 0 fully saturated rings. The average Bonchev–Trinajstić information content (AvgIpc) is 3.17. The summed E-state index contributed by atoms with van der Waals surface area (Å²) in [4.78, 5) is 25.0. The van der Waals surface area contributed by atoms with E-state index in [2.05, 4.69) is 129 Å². The van der Waals surface area contributed by atoms with Crippen molar-refractivity contribution in [1.82, 2.24) is 5.32 Å². The summed E-state index contributed by atoms with van der Waals surface area (Å²) in [5, 5.41) is 13.5. The van der Waals surface area contributed by atoms with E-state index in [9.17, 15) is 19.4 Å². The number of hydrogen-bond acceptors (Lipinski definition) is 6. The van der Waals surface area contributed by atoms with Crippen molar-refractivity contribution in [3.05, 3.63) is 109 Å². The summed E-state index contributed by atoms with van der Waals surface area (Å²) in [6.07, 6.45) is 57.6. The van der Waals surface area contributed by atoms with Crippen molar-refractivity contribution in [2.45, 2.75) is 154 Å². The first-order chi connectivity index (χ1) is 28.0. The number of phosphoric ester groups is 1. The van der Waals surface area contributed by atoms with Crippen molar-refractivity contribution in [2.24, 2.45) is 0 Å². The SMILES string of the molecule is CC/C=C\C/C=C\C/C=C\C/C=C\C/C=C\C/C=C\C/C=C\C/C=C\C/C=C\CCCCCCCC(=O)NC(COP(=O)([O-])OCC[N+](C)(C)C)C(O)CCCCC. The number of unbranched alkanes of at least 4 members (excludes halogenated alkanes) is 7. The van der Waals surface area contributed by atoms with Gasteiger partial charge in [0.25, 0.3) is 7.82 Å². The lowest BCUT2D eigenvalue weighted by molar-refractivity contribution is -0.870. The molecule has 0 saturated carbocycles. The minimum Gasteiger partial charge on any atom is -0.756 e. The van der Waals surface area contributed by atoms with Crippen LogP contribution >= 0.6 is 7.82 Å². The third kappa shape index (κ3) is 41.3. The second-order valence-corrected chi connectivity index (χ2v) is 17.1. The van der Waals surface area contributed by atoms with Crippen LogP contribution in [-0.2, 0) is 18.4 Å². The maximum atomic E-state index is 12.7. The zero-order chi connectivity index (χ0) is 42.8. The Hall–Kier alpha value is -2.84. The highest BCUT2D eigenvalue weighted by molar-refractivity contribution is 7.45. The molecule has 0 rings (SSSR count). The van der Waals surface area contributed by atoms with Gasteiger partial charge in [-0.05, 0) is 83.5 Å². The zero-order valence-electron chi connectivity index (χ0n) is 37.2. The number of carbonyl (C=O) groups excluding carboxylic acids is 1. The number of hydrogen-bond donors (Lipinski definition) is 2. The van der Waals surface area contributed by atoms with Gasteiger partial charge in [-0.15, -0.1) is 0 Å². The predicted octanol–water partition coefficient (Wildman–Crippen LogP) is 11.9. The van der Waals surface area contributed by atoms with Crippen LogP contribution in [0, 0.1) is 0 Å². The number of amides is 1. The molecule has 9 heteroatoms. The van der Waals surface area contributed by atoms with Crippen molar-refractivity contribution >= 4 is 13.7 Å². The highest BCUT2D eigenvalue weighted by Crippen LogP contribution is 2.38. The monoisotopic (exact) mass is 827 g/mol. The van der Waals surface area contributed by atoms with E-state index in [-0.39, 0.29) is 19.1 Å².